The van der Waals surface area contributed by atoms with Gasteiger partial charge in [0.15, 0.2) is 0 Å². The molecule has 0 atom stereocenters. The molecular weight excluding hydrogens is 516 g/mol. The molecule has 204 valence electrons. The summed E-state index contributed by atoms with van der Waals surface area (Å²) in [6.45, 7) is 7.64. The molecule has 0 aliphatic rings. The van der Waals surface area contributed by atoms with Gasteiger partial charge < -0.3 is 13.9 Å². The van der Waals surface area contributed by atoms with Gasteiger partial charge in [-0.2, -0.15) is 17.5 Å². The molecule has 8 nitrogen and oxygen atoms in total. The average Bonchev–Trinajstić information content (AvgIpc) is 3.34. The zero-order valence-electron chi connectivity index (χ0n) is 22.4. The lowest BCUT2D eigenvalue weighted by Crippen LogP contribution is -2.39. The quantitative estimate of drug-likeness (QED) is 0.197. The maximum atomic E-state index is 12.3. The van der Waals surface area contributed by atoms with E-state index in [0.717, 1.165) is 27.6 Å². The number of fused-ring (bicyclic) bond motifs is 1. The molecule has 4 rings (SSSR count). The molecule has 0 unspecified atom stereocenters. The first-order valence-electron chi connectivity index (χ1n) is 12.6. The van der Waals surface area contributed by atoms with Crippen molar-refractivity contribution in [2.24, 2.45) is 4.40 Å². The molecule has 0 saturated carbocycles. The summed E-state index contributed by atoms with van der Waals surface area (Å²) in [4.78, 5) is 12.0. The van der Waals surface area contributed by atoms with E-state index in [1.807, 2.05) is 60.7 Å². The fraction of sp³-hybridized carbons (Fsp3) is 0.267. The lowest BCUT2D eigenvalue weighted by Gasteiger charge is -2.17. The Morgan fingerprint density at radius 1 is 1.05 bits per heavy atom. The monoisotopic (exact) mass is 548 g/mol. The molecule has 0 bridgehead atoms. The minimum atomic E-state index is -3.84. The Bertz CT molecular complexity index is 1600. The molecule has 1 N–H and O–H groups in total. The van der Waals surface area contributed by atoms with E-state index in [-0.39, 0.29) is 19.0 Å². The predicted octanol–water partition coefficient (Wildman–Crippen LogP) is 5.84. The minimum absolute atomic E-state index is 0.130. The third kappa shape index (κ3) is 7.78. The topological polar surface area (TPSA) is 107 Å². The van der Waals surface area contributed by atoms with E-state index >= 15 is 0 Å². The number of carbonyl (C=O) groups is 1. The van der Waals surface area contributed by atoms with E-state index in [0.29, 0.717) is 23.5 Å². The summed E-state index contributed by atoms with van der Waals surface area (Å²) in [7, 11) is -3.84. The van der Waals surface area contributed by atoms with E-state index in [9.17, 15) is 13.2 Å². The van der Waals surface area contributed by atoms with Crippen molar-refractivity contribution in [1.29, 1.82) is 0 Å². The van der Waals surface area contributed by atoms with Crippen molar-refractivity contribution in [3.63, 3.8) is 0 Å². The highest BCUT2D eigenvalue weighted by atomic mass is 32.2. The van der Waals surface area contributed by atoms with Crippen molar-refractivity contribution >= 4 is 33.4 Å². The Morgan fingerprint density at radius 3 is 2.62 bits per heavy atom. The van der Waals surface area contributed by atoms with Crippen molar-refractivity contribution < 1.29 is 27.1 Å². The van der Waals surface area contributed by atoms with Crippen LogP contribution in [-0.2, 0) is 32.8 Å². The van der Waals surface area contributed by atoms with Gasteiger partial charge in [-0.25, -0.2) is 0 Å². The highest BCUT2D eigenvalue weighted by Gasteiger charge is 2.18. The van der Waals surface area contributed by atoms with Gasteiger partial charge in [-0.05, 0) is 74.7 Å². The Labute approximate surface area is 228 Å². The van der Waals surface area contributed by atoms with Gasteiger partial charge in [0.1, 0.15) is 17.9 Å². The van der Waals surface area contributed by atoms with Crippen LogP contribution in [0.5, 0.6) is 5.75 Å². The van der Waals surface area contributed by atoms with E-state index in [4.69, 9.17) is 13.9 Å². The van der Waals surface area contributed by atoms with Crippen LogP contribution in [0.15, 0.2) is 81.8 Å². The molecule has 0 radical (unpaired) electrons. The number of carbonyl (C=O) groups excluding carboxylic acids is 1. The zero-order valence-corrected chi connectivity index (χ0v) is 23.2. The smallest absolute Gasteiger partial charge is 0.320 e. The Balaban J connectivity index is 1.60. The molecule has 1 heterocycles. The van der Waals surface area contributed by atoms with Gasteiger partial charge in [0, 0.05) is 28.3 Å². The van der Waals surface area contributed by atoms with E-state index < -0.39 is 15.7 Å². The summed E-state index contributed by atoms with van der Waals surface area (Å²) in [5, 5.41) is 0.905. The molecule has 1 aromatic heterocycles. The molecule has 0 aliphatic heterocycles. The predicted molar refractivity (Wildman–Crippen MR) is 152 cm³/mol. The second-order valence-corrected chi connectivity index (χ2v) is 11.4. The van der Waals surface area contributed by atoms with Gasteiger partial charge in [0.2, 0.25) is 0 Å². The van der Waals surface area contributed by atoms with Crippen molar-refractivity contribution in [2.75, 3.05) is 6.61 Å². The minimum Gasteiger partial charge on any atom is -0.489 e. The number of nitrogens with one attached hydrogen (secondary N) is 1. The van der Waals surface area contributed by atoms with Crippen molar-refractivity contribution in [3.8, 4) is 16.9 Å². The summed E-state index contributed by atoms with van der Waals surface area (Å²) in [6.07, 6.45) is 3.08. The van der Waals surface area contributed by atoms with Crippen molar-refractivity contribution in [3.05, 3.63) is 89.7 Å². The highest BCUT2D eigenvalue weighted by Crippen LogP contribution is 2.32. The van der Waals surface area contributed by atoms with E-state index in [1.165, 1.54) is 6.21 Å². The van der Waals surface area contributed by atoms with Gasteiger partial charge in [-0.1, -0.05) is 36.4 Å². The van der Waals surface area contributed by atoms with Crippen LogP contribution in [0.1, 0.15) is 44.4 Å². The normalized spacial score (nSPS) is 12.2. The largest absolute Gasteiger partial charge is 0.489 e. The van der Waals surface area contributed by atoms with Crippen LogP contribution in [0, 0.1) is 0 Å². The van der Waals surface area contributed by atoms with Crippen LogP contribution in [0.25, 0.3) is 22.1 Å². The first-order valence-corrected chi connectivity index (χ1v) is 14.0. The summed E-state index contributed by atoms with van der Waals surface area (Å²) >= 11 is 0. The fourth-order valence-electron chi connectivity index (χ4n) is 4.09. The van der Waals surface area contributed by atoms with Gasteiger partial charge in [-0.15, -0.1) is 0 Å². The number of rotatable bonds is 10. The summed E-state index contributed by atoms with van der Waals surface area (Å²) in [6, 6.07) is 20.7. The third-order valence-electron chi connectivity index (χ3n) is 5.59. The second-order valence-electron chi connectivity index (χ2n) is 10.0. The van der Waals surface area contributed by atoms with Crippen molar-refractivity contribution in [2.45, 2.75) is 46.3 Å². The Kier molecular flexibility index (Phi) is 8.52. The van der Waals surface area contributed by atoms with Gasteiger partial charge in [0.25, 0.3) is 0 Å². The number of ether oxygens (including phenoxy) is 2. The number of esters is 1. The number of para-hydroxylation sites is 1. The maximum absolute atomic E-state index is 12.3. The molecule has 4 aromatic rings. The average molecular weight is 549 g/mol. The molecule has 0 fully saturated rings. The Morgan fingerprint density at radius 2 is 1.85 bits per heavy atom. The highest BCUT2D eigenvalue weighted by molar-refractivity contribution is 7.88. The molecular formula is C30H32N2O6S. The number of nitrogens with zero attached hydrogens (tertiary/aromatic N) is 1. The summed E-state index contributed by atoms with van der Waals surface area (Å²) in [5.41, 5.74) is 4.03. The van der Waals surface area contributed by atoms with Crippen LogP contribution >= 0.6 is 0 Å². The molecule has 0 spiro atoms. The molecule has 0 amide bonds. The van der Waals surface area contributed by atoms with Gasteiger partial charge in [-0.3, -0.25) is 4.79 Å². The van der Waals surface area contributed by atoms with Gasteiger partial charge >= 0.3 is 16.2 Å². The van der Waals surface area contributed by atoms with Crippen LogP contribution in [0.4, 0.5) is 0 Å². The number of hydrogen-bond donors (Lipinski definition) is 1. The molecule has 0 saturated heterocycles. The Hall–Kier alpha value is -3.95. The van der Waals surface area contributed by atoms with Crippen LogP contribution in [-0.4, -0.2) is 32.7 Å². The zero-order chi connectivity index (χ0) is 28.0. The SMILES string of the molecule is CCOC(=O)Cc1ccccc1OCc1cc(-c2cccc(/C=N/S(=O)(=O)NC(C)(C)C)c2)c2occc2c1. The maximum Gasteiger partial charge on any atom is 0.320 e. The van der Waals surface area contributed by atoms with Gasteiger partial charge in [0.05, 0.1) is 19.3 Å². The summed E-state index contributed by atoms with van der Waals surface area (Å²) < 4.78 is 47.9. The molecule has 0 aliphatic carbocycles. The fourth-order valence-corrected chi connectivity index (χ4v) is 5.18. The lowest BCUT2D eigenvalue weighted by molar-refractivity contribution is -0.142. The standard InChI is InChI=1S/C30H32N2O6S/c1-5-36-28(33)18-24-10-6-7-12-27(24)38-20-22-16-25-13-14-37-29(25)26(17-22)23-11-8-9-21(15-23)19-31-39(34,35)32-30(2,3)4/h6-17,19,32H,5,18,20H2,1-4H3/b31-19+. The number of hydrogen-bond acceptors (Lipinski definition) is 6. The number of furan rings is 1. The van der Waals surface area contributed by atoms with E-state index in [2.05, 4.69) is 9.12 Å². The molecule has 9 heteroatoms. The van der Waals surface area contributed by atoms with Crippen molar-refractivity contribution in [1.82, 2.24) is 4.72 Å². The van der Waals surface area contributed by atoms with E-state index in [1.54, 1.807) is 40.0 Å². The first kappa shape index (κ1) is 28.1. The second kappa shape index (κ2) is 11.8. The van der Waals surface area contributed by atoms with Crippen LogP contribution in [0.2, 0.25) is 0 Å². The summed E-state index contributed by atoms with van der Waals surface area (Å²) in [5.74, 6) is 0.309. The van der Waals surface area contributed by atoms with Crippen LogP contribution < -0.4 is 9.46 Å². The number of benzene rings is 3. The molecule has 3 aromatic carbocycles. The third-order valence-corrected chi connectivity index (χ3v) is 6.84. The van der Waals surface area contributed by atoms with Crippen LogP contribution in [0.3, 0.4) is 0 Å². The lowest BCUT2D eigenvalue weighted by atomic mass is 9.99. The first-order chi connectivity index (χ1) is 18.5. The molecule has 39 heavy (non-hydrogen) atoms.